The molecule has 7 rings (SSSR count). The number of hydrogen-bond acceptors (Lipinski definition) is 1. The molecular weight excluding hydrogens is 354 g/mol. The van der Waals surface area contributed by atoms with Gasteiger partial charge in [0.05, 0.1) is 16.7 Å². The van der Waals surface area contributed by atoms with Crippen LogP contribution in [0.5, 0.6) is 0 Å². The van der Waals surface area contributed by atoms with E-state index in [0.29, 0.717) is 0 Å². The average Bonchev–Trinajstić information content (AvgIpc) is 3.26. The molecule has 0 spiro atoms. The highest BCUT2D eigenvalue weighted by Gasteiger charge is 2.34. The van der Waals surface area contributed by atoms with Crippen molar-refractivity contribution < 1.29 is 4.42 Å². The van der Waals surface area contributed by atoms with Gasteiger partial charge >= 0.3 is 0 Å². The van der Waals surface area contributed by atoms with E-state index in [1.807, 2.05) is 12.1 Å². The van der Waals surface area contributed by atoms with Crippen LogP contribution < -0.4 is 0 Å². The maximum absolute atomic E-state index is 6.20. The summed E-state index contributed by atoms with van der Waals surface area (Å²) in [5, 5.41) is 4.89. The summed E-state index contributed by atoms with van der Waals surface area (Å²) < 4.78 is 8.66. The van der Waals surface area contributed by atoms with Gasteiger partial charge in [-0.05, 0) is 35.4 Å². The second-order valence-corrected chi connectivity index (χ2v) is 8.64. The zero-order chi connectivity index (χ0) is 19.3. The van der Waals surface area contributed by atoms with Crippen LogP contribution in [0.2, 0.25) is 0 Å². The normalized spacial score (nSPS) is 14.8. The Kier molecular flexibility index (Phi) is 2.60. The molecule has 0 saturated carbocycles. The van der Waals surface area contributed by atoms with Crippen LogP contribution in [0.1, 0.15) is 25.0 Å². The Morgan fingerprint density at radius 3 is 2.34 bits per heavy atom. The van der Waals surface area contributed by atoms with Crippen molar-refractivity contribution in [2.45, 2.75) is 19.3 Å². The van der Waals surface area contributed by atoms with Gasteiger partial charge in [-0.15, -0.1) is 0 Å². The lowest BCUT2D eigenvalue weighted by Crippen LogP contribution is -2.26. The van der Waals surface area contributed by atoms with Crippen molar-refractivity contribution in [3.63, 3.8) is 0 Å². The van der Waals surface area contributed by atoms with E-state index in [1.54, 1.807) is 0 Å². The minimum Gasteiger partial charge on any atom is -0.456 e. The van der Waals surface area contributed by atoms with E-state index in [-0.39, 0.29) is 5.41 Å². The molecule has 2 heteroatoms. The predicted molar refractivity (Wildman–Crippen MR) is 120 cm³/mol. The molecule has 1 aliphatic heterocycles. The van der Waals surface area contributed by atoms with Gasteiger partial charge in [-0.3, -0.25) is 0 Å². The molecule has 0 amide bonds. The minimum absolute atomic E-state index is 0.0354. The third-order valence-electron chi connectivity index (χ3n) is 6.78. The van der Waals surface area contributed by atoms with Crippen LogP contribution >= 0.6 is 0 Å². The monoisotopic (exact) mass is 373 g/mol. The number of hydrogen-bond donors (Lipinski definition) is 0. The Balaban J connectivity index is 1.77. The minimum atomic E-state index is -0.0354. The maximum Gasteiger partial charge on any atom is 0.136 e. The quantitative estimate of drug-likeness (QED) is 0.273. The molecular formula is C27H19NO. The van der Waals surface area contributed by atoms with E-state index in [4.69, 9.17) is 4.42 Å². The van der Waals surface area contributed by atoms with Crippen LogP contribution in [0, 0.1) is 0 Å². The molecule has 2 aromatic heterocycles. The Hall–Kier alpha value is -3.52. The number of fused-ring (bicyclic) bond motifs is 8. The van der Waals surface area contributed by atoms with E-state index in [2.05, 4.69) is 85.1 Å². The molecule has 0 saturated heterocycles. The third-order valence-corrected chi connectivity index (χ3v) is 6.78. The first-order valence-electron chi connectivity index (χ1n) is 10.1. The van der Waals surface area contributed by atoms with E-state index >= 15 is 0 Å². The zero-order valence-electron chi connectivity index (χ0n) is 16.4. The number of aromatic nitrogens is 1. The van der Waals surface area contributed by atoms with Gasteiger partial charge in [0, 0.05) is 27.0 Å². The number of benzene rings is 4. The van der Waals surface area contributed by atoms with Gasteiger partial charge in [-0.1, -0.05) is 68.4 Å². The highest BCUT2D eigenvalue weighted by molar-refractivity contribution is 6.18. The van der Waals surface area contributed by atoms with Crippen molar-refractivity contribution in [2.75, 3.05) is 0 Å². The van der Waals surface area contributed by atoms with Gasteiger partial charge in [-0.2, -0.15) is 0 Å². The molecule has 0 fully saturated rings. The SMILES string of the molecule is CC1(C)c2ccccc2-n2c3cc4c(cc3c3cccc1c32)oc1ccccc14. The third kappa shape index (κ3) is 1.73. The van der Waals surface area contributed by atoms with E-state index in [0.717, 1.165) is 11.2 Å². The first-order valence-corrected chi connectivity index (χ1v) is 10.1. The van der Waals surface area contributed by atoms with Crippen LogP contribution in [0.25, 0.3) is 49.4 Å². The number of rotatable bonds is 0. The van der Waals surface area contributed by atoms with Crippen LogP contribution in [0.4, 0.5) is 0 Å². The van der Waals surface area contributed by atoms with Crippen molar-refractivity contribution in [2.24, 2.45) is 0 Å². The fraction of sp³-hybridized carbons (Fsp3) is 0.111. The van der Waals surface area contributed by atoms with Crippen molar-refractivity contribution >= 4 is 43.7 Å². The van der Waals surface area contributed by atoms with Crippen LogP contribution in [-0.2, 0) is 5.41 Å². The van der Waals surface area contributed by atoms with Gasteiger partial charge < -0.3 is 8.98 Å². The Bertz CT molecular complexity index is 1630. The summed E-state index contributed by atoms with van der Waals surface area (Å²) in [6.07, 6.45) is 0. The molecule has 6 aromatic rings. The molecule has 138 valence electrons. The largest absolute Gasteiger partial charge is 0.456 e. The lowest BCUT2D eigenvalue weighted by Gasteiger charge is -2.34. The highest BCUT2D eigenvalue weighted by Crippen LogP contribution is 2.48. The van der Waals surface area contributed by atoms with Crippen molar-refractivity contribution in [3.05, 3.63) is 90.0 Å². The van der Waals surface area contributed by atoms with Crippen molar-refractivity contribution in [1.82, 2.24) is 4.57 Å². The number of para-hydroxylation sites is 3. The van der Waals surface area contributed by atoms with E-state index in [1.165, 1.54) is 49.4 Å². The summed E-state index contributed by atoms with van der Waals surface area (Å²) in [4.78, 5) is 0. The molecule has 0 N–H and O–H groups in total. The Labute approximate surface area is 168 Å². The summed E-state index contributed by atoms with van der Waals surface area (Å²) in [7, 11) is 0. The molecule has 3 heterocycles. The molecule has 1 aliphatic rings. The highest BCUT2D eigenvalue weighted by atomic mass is 16.3. The van der Waals surface area contributed by atoms with Crippen LogP contribution in [0.3, 0.4) is 0 Å². The second-order valence-electron chi connectivity index (χ2n) is 8.64. The first-order chi connectivity index (χ1) is 14.1. The molecule has 2 nitrogen and oxygen atoms in total. The number of nitrogens with zero attached hydrogens (tertiary/aromatic N) is 1. The summed E-state index contributed by atoms with van der Waals surface area (Å²) in [5.41, 5.74) is 8.46. The summed E-state index contributed by atoms with van der Waals surface area (Å²) in [6, 6.07) is 28.4. The number of furan rings is 1. The summed E-state index contributed by atoms with van der Waals surface area (Å²) >= 11 is 0. The van der Waals surface area contributed by atoms with Gasteiger partial charge in [0.15, 0.2) is 0 Å². The van der Waals surface area contributed by atoms with Crippen LogP contribution in [-0.4, -0.2) is 4.57 Å². The summed E-state index contributed by atoms with van der Waals surface area (Å²) in [5.74, 6) is 0. The van der Waals surface area contributed by atoms with E-state index < -0.39 is 0 Å². The Morgan fingerprint density at radius 2 is 1.41 bits per heavy atom. The fourth-order valence-corrected chi connectivity index (χ4v) is 5.38. The predicted octanol–water partition coefficient (Wildman–Crippen LogP) is 7.32. The molecule has 0 unspecified atom stereocenters. The second kappa shape index (κ2) is 4.90. The van der Waals surface area contributed by atoms with Crippen molar-refractivity contribution in [3.8, 4) is 5.69 Å². The molecule has 0 aliphatic carbocycles. The smallest absolute Gasteiger partial charge is 0.136 e. The fourth-order valence-electron chi connectivity index (χ4n) is 5.38. The Morgan fingerprint density at radius 1 is 0.655 bits per heavy atom. The molecule has 0 bridgehead atoms. The van der Waals surface area contributed by atoms with Crippen molar-refractivity contribution in [1.29, 1.82) is 0 Å². The molecule has 0 atom stereocenters. The standard InChI is InChI=1S/C27H19NO/c1-27(2)20-10-4-5-12-22(20)28-23-14-19-16-8-3-6-13-24(16)29-25(19)15-18(23)17-9-7-11-21(27)26(17)28/h3-15H,1-2H3. The molecule has 29 heavy (non-hydrogen) atoms. The van der Waals surface area contributed by atoms with Crippen LogP contribution in [0.15, 0.2) is 83.3 Å². The summed E-state index contributed by atoms with van der Waals surface area (Å²) in [6.45, 7) is 4.67. The van der Waals surface area contributed by atoms with E-state index in [9.17, 15) is 0 Å². The lowest BCUT2D eigenvalue weighted by molar-refractivity contribution is 0.630. The topological polar surface area (TPSA) is 18.1 Å². The maximum atomic E-state index is 6.20. The van der Waals surface area contributed by atoms with Gasteiger partial charge in [0.2, 0.25) is 0 Å². The first kappa shape index (κ1) is 15.4. The van der Waals surface area contributed by atoms with Gasteiger partial charge in [0.25, 0.3) is 0 Å². The molecule has 0 radical (unpaired) electrons. The molecule has 4 aromatic carbocycles. The lowest BCUT2D eigenvalue weighted by atomic mass is 9.75. The van der Waals surface area contributed by atoms with Gasteiger partial charge in [0.1, 0.15) is 11.2 Å². The van der Waals surface area contributed by atoms with Gasteiger partial charge in [-0.25, -0.2) is 0 Å². The zero-order valence-corrected chi connectivity index (χ0v) is 16.4. The average molecular weight is 373 g/mol.